The zero-order chi connectivity index (χ0) is 18.3. The molecular weight excluding hydrogens is 350 g/mol. The van der Waals surface area contributed by atoms with Crippen molar-refractivity contribution in [2.75, 3.05) is 17.1 Å². The summed E-state index contributed by atoms with van der Waals surface area (Å²) >= 11 is 0. The molecule has 1 amide bonds. The molecule has 0 N–H and O–H groups in total. The van der Waals surface area contributed by atoms with Crippen molar-refractivity contribution < 1.29 is 13.2 Å². The molecule has 26 heavy (non-hydrogen) atoms. The molecule has 2 aliphatic rings. The number of fused-ring (bicyclic) bond motifs is 1. The van der Waals surface area contributed by atoms with Crippen LogP contribution in [0.3, 0.4) is 0 Å². The number of aromatic nitrogens is 1. The second-order valence-corrected chi connectivity index (χ2v) is 8.86. The van der Waals surface area contributed by atoms with Crippen molar-refractivity contribution in [3.8, 4) is 0 Å². The van der Waals surface area contributed by atoms with E-state index in [0.717, 1.165) is 24.0 Å². The molecule has 0 radical (unpaired) electrons. The Morgan fingerprint density at radius 3 is 2.62 bits per heavy atom. The molecule has 6 nitrogen and oxygen atoms in total. The number of pyridine rings is 1. The molecule has 4 rings (SSSR count). The van der Waals surface area contributed by atoms with Gasteiger partial charge in [0, 0.05) is 37.1 Å². The van der Waals surface area contributed by atoms with Crippen LogP contribution >= 0.6 is 0 Å². The third kappa shape index (κ3) is 3.31. The minimum atomic E-state index is -3.28. The first-order valence-corrected chi connectivity index (χ1v) is 10.6. The van der Waals surface area contributed by atoms with E-state index in [1.165, 1.54) is 10.6 Å². The van der Waals surface area contributed by atoms with Crippen LogP contribution in [0.2, 0.25) is 0 Å². The molecular formula is C19H21N3O3S. The van der Waals surface area contributed by atoms with Crippen LogP contribution in [0, 0.1) is 0 Å². The second-order valence-electron chi connectivity index (χ2n) is 6.95. The van der Waals surface area contributed by atoms with E-state index >= 15 is 0 Å². The Labute approximate surface area is 153 Å². The highest BCUT2D eigenvalue weighted by molar-refractivity contribution is 7.92. The molecule has 1 aliphatic heterocycles. The molecule has 136 valence electrons. The van der Waals surface area contributed by atoms with Crippen LogP contribution in [0.1, 0.15) is 34.3 Å². The quantitative estimate of drug-likeness (QED) is 0.808. The first-order chi connectivity index (χ1) is 12.4. The summed E-state index contributed by atoms with van der Waals surface area (Å²) in [5.41, 5.74) is 3.29. The molecule has 7 heteroatoms. The largest absolute Gasteiger partial charge is 0.331 e. The lowest BCUT2D eigenvalue weighted by Crippen LogP contribution is -2.32. The van der Waals surface area contributed by atoms with Crippen molar-refractivity contribution in [3.05, 3.63) is 59.4 Å². The smallest absolute Gasteiger partial charge is 0.254 e. The fraction of sp³-hybridized carbons (Fsp3) is 0.368. The lowest BCUT2D eigenvalue weighted by Gasteiger charge is -2.23. The molecule has 1 fully saturated rings. The molecule has 0 atom stereocenters. The summed E-state index contributed by atoms with van der Waals surface area (Å²) in [4.78, 5) is 19.0. The summed E-state index contributed by atoms with van der Waals surface area (Å²) < 4.78 is 25.1. The van der Waals surface area contributed by atoms with E-state index in [4.69, 9.17) is 0 Å². The average molecular weight is 371 g/mol. The van der Waals surface area contributed by atoms with Crippen LogP contribution in [0.5, 0.6) is 0 Å². The van der Waals surface area contributed by atoms with E-state index < -0.39 is 10.0 Å². The zero-order valence-corrected chi connectivity index (χ0v) is 15.4. The lowest BCUT2D eigenvalue weighted by molar-refractivity contribution is 0.0730. The Morgan fingerprint density at radius 2 is 1.96 bits per heavy atom. The van der Waals surface area contributed by atoms with Gasteiger partial charge in [0.2, 0.25) is 10.0 Å². The Balaban J connectivity index is 1.59. The third-order valence-corrected chi connectivity index (χ3v) is 6.11. The van der Waals surface area contributed by atoms with Crippen molar-refractivity contribution >= 4 is 21.6 Å². The van der Waals surface area contributed by atoms with Crippen LogP contribution in [0.4, 0.5) is 5.69 Å². The SMILES string of the molecule is CS(=O)(=O)N1CCc2cc(C(=O)N(Cc3ccncc3)C3CC3)ccc21. The number of amides is 1. The first-order valence-electron chi connectivity index (χ1n) is 8.74. The predicted molar refractivity (Wildman–Crippen MR) is 99.5 cm³/mol. The number of nitrogens with zero attached hydrogens (tertiary/aromatic N) is 3. The van der Waals surface area contributed by atoms with E-state index in [2.05, 4.69) is 4.98 Å². The van der Waals surface area contributed by atoms with Crippen LogP contribution in [-0.2, 0) is 23.0 Å². The van der Waals surface area contributed by atoms with E-state index in [-0.39, 0.29) is 11.9 Å². The number of anilines is 1. The summed E-state index contributed by atoms with van der Waals surface area (Å²) in [5, 5.41) is 0. The van der Waals surface area contributed by atoms with Gasteiger partial charge in [0.15, 0.2) is 0 Å². The molecule has 1 aromatic carbocycles. The van der Waals surface area contributed by atoms with Gasteiger partial charge in [-0.15, -0.1) is 0 Å². The van der Waals surface area contributed by atoms with E-state index in [1.807, 2.05) is 23.1 Å². The number of carbonyl (C=O) groups excluding carboxylic acids is 1. The van der Waals surface area contributed by atoms with E-state index in [0.29, 0.717) is 30.8 Å². The minimum absolute atomic E-state index is 0.00455. The van der Waals surface area contributed by atoms with Gasteiger partial charge >= 0.3 is 0 Å². The summed E-state index contributed by atoms with van der Waals surface area (Å²) in [6.45, 7) is 1.01. The van der Waals surface area contributed by atoms with Crippen molar-refractivity contribution in [2.24, 2.45) is 0 Å². The third-order valence-electron chi connectivity index (χ3n) is 4.93. The maximum Gasteiger partial charge on any atom is 0.254 e. The Hall–Kier alpha value is -2.41. The molecule has 0 saturated heterocycles. The number of sulfonamides is 1. The molecule has 0 bridgehead atoms. The summed E-state index contributed by atoms with van der Waals surface area (Å²) in [6, 6.07) is 9.49. The van der Waals surface area contributed by atoms with Gasteiger partial charge in [0.1, 0.15) is 0 Å². The van der Waals surface area contributed by atoms with Gasteiger partial charge in [-0.2, -0.15) is 0 Å². The molecule has 1 aliphatic carbocycles. The van der Waals surface area contributed by atoms with Crippen molar-refractivity contribution in [3.63, 3.8) is 0 Å². The molecule has 0 spiro atoms. The van der Waals surface area contributed by atoms with Crippen LogP contribution in [-0.4, -0.2) is 43.1 Å². The van der Waals surface area contributed by atoms with Gasteiger partial charge in [-0.25, -0.2) is 8.42 Å². The van der Waals surface area contributed by atoms with Crippen molar-refractivity contribution in [1.29, 1.82) is 0 Å². The van der Waals surface area contributed by atoms with Gasteiger partial charge in [0.05, 0.1) is 11.9 Å². The normalized spacial score (nSPS) is 16.4. The number of hydrogen-bond donors (Lipinski definition) is 0. The van der Waals surface area contributed by atoms with Gasteiger partial charge in [-0.3, -0.25) is 14.1 Å². The topological polar surface area (TPSA) is 70.6 Å². The molecule has 0 unspecified atom stereocenters. The summed E-state index contributed by atoms with van der Waals surface area (Å²) in [5.74, 6) is 0.00455. The molecule has 2 heterocycles. The van der Waals surface area contributed by atoms with E-state index in [9.17, 15) is 13.2 Å². The van der Waals surface area contributed by atoms with Crippen LogP contribution in [0.15, 0.2) is 42.7 Å². The Bertz CT molecular complexity index is 940. The fourth-order valence-electron chi connectivity index (χ4n) is 3.45. The maximum absolute atomic E-state index is 13.1. The van der Waals surface area contributed by atoms with Crippen LogP contribution in [0.25, 0.3) is 0 Å². The monoisotopic (exact) mass is 371 g/mol. The fourth-order valence-corrected chi connectivity index (χ4v) is 4.41. The van der Waals surface area contributed by atoms with Gasteiger partial charge < -0.3 is 4.90 Å². The first kappa shape index (κ1) is 17.0. The minimum Gasteiger partial charge on any atom is -0.331 e. The molecule has 1 aromatic heterocycles. The predicted octanol–water partition coefficient (Wildman–Crippen LogP) is 2.21. The highest BCUT2D eigenvalue weighted by Gasteiger charge is 2.34. The van der Waals surface area contributed by atoms with Gasteiger partial charge in [0.25, 0.3) is 5.91 Å². The summed E-state index contributed by atoms with van der Waals surface area (Å²) in [7, 11) is -3.28. The molecule has 1 saturated carbocycles. The number of hydrogen-bond acceptors (Lipinski definition) is 4. The van der Waals surface area contributed by atoms with Crippen molar-refractivity contribution in [1.82, 2.24) is 9.88 Å². The Morgan fingerprint density at radius 1 is 1.23 bits per heavy atom. The second kappa shape index (κ2) is 6.39. The maximum atomic E-state index is 13.1. The van der Waals surface area contributed by atoms with E-state index in [1.54, 1.807) is 24.5 Å². The molecule has 2 aromatic rings. The standard InChI is InChI=1S/C19H21N3O3S/c1-26(24,25)22-11-8-15-12-16(2-5-18(15)22)19(23)21(17-3-4-17)13-14-6-9-20-10-7-14/h2,5-7,9-10,12,17H,3-4,8,11,13H2,1H3. The number of benzene rings is 1. The number of carbonyl (C=O) groups is 1. The number of rotatable bonds is 5. The average Bonchev–Trinajstić information content (AvgIpc) is 3.36. The zero-order valence-electron chi connectivity index (χ0n) is 14.6. The van der Waals surface area contributed by atoms with Gasteiger partial charge in [-0.1, -0.05) is 0 Å². The Kier molecular flexibility index (Phi) is 4.19. The summed E-state index contributed by atoms with van der Waals surface area (Å²) in [6.07, 6.45) is 7.38. The van der Waals surface area contributed by atoms with Crippen molar-refractivity contribution in [2.45, 2.75) is 31.8 Å². The van der Waals surface area contributed by atoms with Gasteiger partial charge in [-0.05, 0) is 60.7 Å². The highest BCUT2D eigenvalue weighted by Crippen LogP contribution is 2.33. The van der Waals surface area contributed by atoms with Crippen LogP contribution < -0.4 is 4.31 Å². The lowest BCUT2D eigenvalue weighted by atomic mass is 10.1. The highest BCUT2D eigenvalue weighted by atomic mass is 32.2.